The van der Waals surface area contributed by atoms with Crippen LogP contribution in [-0.2, 0) is 11.3 Å². The van der Waals surface area contributed by atoms with Gasteiger partial charge >= 0.3 is 0 Å². The molecule has 1 aromatic carbocycles. The number of nitrogens with zero attached hydrogens (tertiary/aromatic N) is 5. The Morgan fingerprint density at radius 2 is 2.09 bits per heavy atom. The molecule has 1 aliphatic rings. The van der Waals surface area contributed by atoms with Crippen molar-refractivity contribution in [2.45, 2.75) is 12.6 Å². The summed E-state index contributed by atoms with van der Waals surface area (Å²) in [5.41, 5.74) is 0.807. The van der Waals surface area contributed by atoms with Crippen molar-refractivity contribution in [2.24, 2.45) is 0 Å². The van der Waals surface area contributed by atoms with Crippen molar-refractivity contribution in [1.82, 2.24) is 25.1 Å². The number of β-amino-alcohol motifs (C(OH)–C–C–N with tert-alkyl or cyclic N) is 1. The van der Waals surface area contributed by atoms with E-state index in [4.69, 9.17) is 16.3 Å². The number of aliphatic hydroxyl groups excluding tert-OH is 1. The molecule has 2 heterocycles. The number of aromatic nitrogens is 4. The topological polar surface area (TPSA) is 76.3 Å². The van der Waals surface area contributed by atoms with Gasteiger partial charge in [-0.15, -0.1) is 10.2 Å². The minimum absolute atomic E-state index is 0.310. The van der Waals surface area contributed by atoms with Crippen molar-refractivity contribution in [2.75, 3.05) is 32.8 Å². The lowest BCUT2D eigenvalue weighted by atomic mass is 10.2. The highest BCUT2D eigenvalue weighted by atomic mass is 35.5. The molecular formula is C14H18ClN5O2. The number of hydrogen-bond acceptors (Lipinski definition) is 6. The first-order valence-electron chi connectivity index (χ1n) is 7.22. The molecule has 1 saturated heterocycles. The Kier molecular flexibility index (Phi) is 4.99. The maximum Gasteiger partial charge on any atom is 0.204 e. The van der Waals surface area contributed by atoms with E-state index in [1.807, 2.05) is 12.1 Å². The Bertz CT molecular complexity index is 615. The Labute approximate surface area is 133 Å². The molecule has 7 nitrogen and oxygen atoms in total. The van der Waals surface area contributed by atoms with Crippen LogP contribution in [0.3, 0.4) is 0 Å². The van der Waals surface area contributed by atoms with Crippen molar-refractivity contribution in [1.29, 1.82) is 0 Å². The van der Waals surface area contributed by atoms with Crippen LogP contribution in [-0.4, -0.2) is 69.2 Å². The number of aliphatic hydroxyl groups is 1. The van der Waals surface area contributed by atoms with Crippen LogP contribution in [0.25, 0.3) is 11.4 Å². The molecule has 2 aromatic rings. The smallest absolute Gasteiger partial charge is 0.204 e. The summed E-state index contributed by atoms with van der Waals surface area (Å²) in [4.78, 5) is 3.59. The molecule has 1 N–H and O–H groups in total. The maximum atomic E-state index is 10.1. The summed E-state index contributed by atoms with van der Waals surface area (Å²) in [6.07, 6.45) is -0.542. The van der Waals surface area contributed by atoms with Crippen molar-refractivity contribution in [3.63, 3.8) is 0 Å². The highest BCUT2D eigenvalue weighted by Gasteiger charge is 2.16. The standard InChI is InChI=1S/C14H18ClN5O2/c15-12-3-1-2-11(8-12)14-16-18-20(17-14)10-13(21)9-19-4-6-22-7-5-19/h1-3,8,13,21H,4-7,9-10H2/t13-/m0/s1. The molecule has 8 heteroatoms. The summed E-state index contributed by atoms with van der Waals surface area (Å²) < 4.78 is 5.29. The number of ether oxygens (including phenoxy) is 1. The average Bonchev–Trinajstić information content (AvgIpc) is 2.96. The molecule has 0 amide bonds. The van der Waals surface area contributed by atoms with Crippen molar-refractivity contribution in [3.8, 4) is 11.4 Å². The fourth-order valence-electron chi connectivity index (χ4n) is 2.39. The predicted octanol–water partition coefficient (Wildman–Crippen LogP) is 0.687. The zero-order valence-electron chi connectivity index (χ0n) is 12.1. The summed E-state index contributed by atoms with van der Waals surface area (Å²) in [6, 6.07) is 7.29. The van der Waals surface area contributed by atoms with Gasteiger partial charge in [0.1, 0.15) is 0 Å². The van der Waals surface area contributed by atoms with E-state index in [2.05, 4.69) is 20.3 Å². The van der Waals surface area contributed by atoms with E-state index >= 15 is 0 Å². The molecule has 22 heavy (non-hydrogen) atoms. The van der Waals surface area contributed by atoms with E-state index < -0.39 is 6.10 Å². The summed E-state index contributed by atoms with van der Waals surface area (Å²) >= 11 is 5.96. The fourth-order valence-corrected chi connectivity index (χ4v) is 2.58. The monoisotopic (exact) mass is 323 g/mol. The second-order valence-electron chi connectivity index (χ2n) is 5.25. The first-order chi connectivity index (χ1) is 10.7. The Morgan fingerprint density at radius 3 is 2.86 bits per heavy atom. The zero-order chi connectivity index (χ0) is 15.4. The Balaban J connectivity index is 1.59. The molecular weight excluding hydrogens is 306 g/mol. The van der Waals surface area contributed by atoms with Crippen LogP contribution >= 0.6 is 11.6 Å². The highest BCUT2D eigenvalue weighted by Crippen LogP contribution is 2.18. The van der Waals surface area contributed by atoms with Gasteiger partial charge in [0, 0.05) is 30.2 Å². The van der Waals surface area contributed by atoms with Gasteiger partial charge in [0.05, 0.1) is 25.9 Å². The summed E-state index contributed by atoms with van der Waals surface area (Å²) in [6.45, 7) is 4.01. The van der Waals surface area contributed by atoms with Crippen molar-refractivity contribution >= 4 is 11.6 Å². The molecule has 0 saturated carbocycles. The summed E-state index contributed by atoms with van der Waals surface area (Å²) in [7, 11) is 0. The summed E-state index contributed by atoms with van der Waals surface area (Å²) in [5.74, 6) is 0.501. The number of halogens is 1. The second kappa shape index (κ2) is 7.15. The number of tetrazole rings is 1. The molecule has 0 bridgehead atoms. The first-order valence-corrected chi connectivity index (χ1v) is 7.60. The number of benzene rings is 1. The quantitative estimate of drug-likeness (QED) is 0.872. The molecule has 1 fully saturated rings. The molecule has 118 valence electrons. The minimum atomic E-state index is -0.542. The lowest BCUT2D eigenvalue weighted by Crippen LogP contribution is -2.42. The van der Waals surface area contributed by atoms with Gasteiger partial charge in [0.2, 0.25) is 5.82 Å². The molecule has 1 aliphatic heterocycles. The molecule has 0 spiro atoms. The van der Waals surface area contributed by atoms with Gasteiger partial charge in [-0.25, -0.2) is 0 Å². The van der Waals surface area contributed by atoms with Gasteiger partial charge in [-0.05, 0) is 17.3 Å². The predicted molar refractivity (Wildman–Crippen MR) is 81.5 cm³/mol. The number of morpholine rings is 1. The third kappa shape index (κ3) is 4.01. The van der Waals surface area contributed by atoms with Crippen LogP contribution in [0.5, 0.6) is 0 Å². The number of hydrogen-bond donors (Lipinski definition) is 1. The van der Waals surface area contributed by atoms with E-state index in [0.717, 1.165) is 18.7 Å². The van der Waals surface area contributed by atoms with Crippen LogP contribution in [0.2, 0.25) is 5.02 Å². The van der Waals surface area contributed by atoms with Gasteiger partial charge in [-0.2, -0.15) is 4.80 Å². The number of rotatable bonds is 5. The molecule has 0 unspecified atom stereocenters. The normalized spacial score (nSPS) is 17.5. The third-order valence-corrected chi connectivity index (χ3v) is 3.72. The SMILES string of the molecule is O[C@@H](CN1CCOCC1)Cn1nnc(-c2cccc(Cl)c2)n1. The van der Waals surface area contributed by atoms with Crippen LogP contribution in [0, 0.1) is 0 Å². The van der Waals surface area contributed by atoms with Crippen LogP contribution in [0.1, 0.15) is 0 Å². The van der Waals surface area contributed by atoms with E-state index in [1.165, 1.54) is 4.80 Å². The maximum absolute atomic E-state index is 10.1. The van der Waals surface area contributed by atoms with Gasteiger partial charge in [0.25, 0.3) is 0 Å². The lowest BCUT2D eigenvalue weighted by molar-refractivity contribution is 0.00988. The highest BCUT2D eigenvalue weighted by molar-refractivity contribution is 6.30. The van der Waals surface area contributed by atoms with E-state index in [-0.39, 0.29) is 0 Å². The average molecular weight is 324 g/mol. The lowest BCUT2D eigenvalue weighted by Gasteiger charge is -2.28. The van der Waals surface area contributed by atoms with E-state index in [0.29, 0.717) is 37.2 Å². The Morgan fingerprint density at radius 1 is 1.27 bits per heavy atom. The van der Waals surface area contributed by atoms with Gasteiger partial charge < -0.3 is 9.84 Å². The Hall–Kier alpha value is -1.54. The molecule has 3 rings (SSSR count). The molecule has 0 aliphatic carbocycles. The third-order valence-electron chi connectivity index (χ3n) is 3.48. The molecule has 1 aromatic heterocycles. The van der Waals surface area contributed by atoms with Gasteiger partial charge in [-0.3, -0.25) is 4.90 Å². The van der Waals surface area contributed by atoms with Crippen LogP contribution < -0.4 is 0 Å². The van der Waals surface area contributed by atoms with Crippen molar-refractivity contribution in [3.05, 3.63) is 29.3 Å². The van der Waals surface area contributed by atoms with Gasteiger partial charge in [-0.1, -0.05) is 23.7 Å². The van der Waals surface area contributed by atoms with Crippen molar-refractivity contribution < 1.29 is 9.84 Å². The fraction of sp³-hybridized carbons (Fsp3) is 0.500. The largest absolute Gasteiger partial charge is 0.390 e. The second-order valence-corrected chi connectivity index (χ2v) is 5.68. The van der Waals surface area contributed by atoms with Crippen LogP contribution in [0.4, 0.5) is 0 Å². The summed E-state index contributed by atoms with van der Waals surface area (Å²) in [5, 5.41) is 23.1. The van der Waals surface area contributed by atoms with E-state index in [1.54, 1.807) is 12.1 Å². The minimum Gasteiger partial charge on any atom is -0.390 e. The molecule has 1 atom stereocenters. The zero-order valence-corrected chi connectivity index (χ0v) is 12.9. The van der Waals surface area contributed by atoms with Gasteiger partial charge in [0.15, 0.2) is 0 Å². The molecule has 0 radical (unpaired) electrons. The van der Waals surface area contributed by atoms with Crippen LogP contribution in [0.15, 0.2) is 24.3 Å². The first kappa shape index (κ1) is 15.4. The van der Waals surface area contributed by atoms with E-state index in [9.17, 15) is 5.11 Å².